The molecule has 1 aliphatic rings. The van der Waals surface area contributed by atoms with Crippen LogP contribution in [0.1, 0.15) is 32.6 Å². The van der Waals surface area contributed by atoms with Crippen LogP contribution in [-0.2, 0) is 0 Å². The Morgan fingerprint density at radius 3 is 2.08 bits per heavy atom. The Balaban J connectivity index is 2.54. The quantitative estimate of drug-likeness (QED) is 0.616. The van der Waals surface area contributed by atoms with E-state index in [1.54, 1.807) is 0 Å². The molecule has 0 radical (unpaired) electrons. The predicted octanol–water partition coefficient (Wildman–Crippen LogP) is 1.47. The summed E-state index contributed by atoms with van der Waals surface area (Å²) in [5.74, 6) is 0.0741. The molecule has 1 aliphatic carbocycles. The number of hydrogen-bond acceptors (Lipinski definition) is 2. The molecule has 2 atom stereocenters. The summed E-state index contributed by atoms with van der Waals surface area (Å²) in [4.78, 5) is 0. The maximum absolute atomic E-state index is 9.64. The average Bonchev–Trinajstić information content (AvgIpc) is 2.19. The second-order valence-corrected chi connectivity index (χ2v) is 3.53. The van der Waals surface area contributed by atoms with Crippen molar-refractivity contribution in [3.05, 3.63) is 12.2 Å². The van der Waals surface area contributed by atoms with Crippen molar-refractivity contribution in [1.82, 2.24) is 0 Å². The van der Waals surface area contributed by atoms with Crippen molar-refractivity contribution < 1.29 is 10.2 Å². The zero-order valence-electron chi connectivity index (χ0n) is 7.61. The average molecular weight is 170 g/mol. The standard InChI is InChI=1S/C10H18O2/c1-2-5-8-9(11)6-3-4-7-10(8)12/h3-4,8-12H,2,5-7H2,1H3. The van der Waals surface area contributed by atoms with Crippen LogP contribution in [0.5, 0.6) is 0 Å². The van der Waals surface area contributed by atoms with Crippen LogP contribution in [0, 0.1) is 5.92 Å². The summed E-state index contributed by atoms with van der Waals surface area (Å²) < 4.78 is 0. The van der Waals surface area contributed by atoms with Gasteiger partial charge < -0.3 is 10.2 Å². The van der Waals surface area contributed by atoms with Gasteiger partial charge in [0.25, 0.3) is 0 Å². The highest BCUT2D eigenvalue weighted by Gasteiger charge is 2.25. The molecule has 2 heteroatoms. The Morgan fingerprint density at radius 2 is 1.67 bits per heavy atom. The van der Waals surface area contributed by atoms with E-state index in [0.29, 0.717) is 12.8 Å². The first-order chi connectivity index (χ1) is 5.75. The largest absolute Gasteiger partial charge is 0.392 e. The highest BCUT2D eigenvalue weighted by Crippen LogP contribution is 2.23. The van der Waals surface area contributed by atoms with Gasteiger partial charge in [-0.05, 0) is 19.3 Å². The first kappa shape index (κ1) is 9.75. The van der Waals surface area contributed by atoms with E-state index in [-0.39, 0.29) is 18.1 Å². The van der Waals surface area contributed by atoms with Crippen LogP contribution in [0.3, 0.4) is 0 Å². The van der Waals surface area contributed by atoms with Crippen molar-refractivity contribution in [2.45, 2.75) is 44.8 Å². The summed E-state index contributed by atoms with van der Waals surface area (Å²) in [6.45, 7) is 2.08. The molecule has 0 heterocycles. The first-order valence-electron chi connectivity index (χ1n) is 4.76. The minimum Gasteiger partial charge on any atom is -0.392 e. The Labute approximate surface area is 73.9 Å². The molecule has 0 amide bonds. The van der Waals surface area contributed by atoms with Crippen LogP contribution in [-0.4, -0.2) is 22.4 Å². The van der Waals surface area contributed by atoms with Crippen LogP contribution in [0.2, 0.25) is 0 Å². The molecular formula is C10H18O2. The molecule has 0 spiro atoms. The third-order valence-corrected chi connectivity index (χ3v) is 2.53. The fourth-order valence-electron chi connectivity index (χ4n) is 1.80. The molecule has 12 heavy (non-hydrogen) atoms. The SMILES string of the molecule is CCCC1C(O)CC=CCC1O. The maximum Gasteiger partial charge on any atom is 0.0627 e. The second kappa shape index (κ2) is 4.63. The van der Waals surface area contributed by atoms with Crippen LogP contribution >= 0.6 is 0 Å². The molecule has 2 N–H and O–H groups in total. The van der Waals surface area contributed by atoms with Crippen molar-refractivity contribution in [3.8, 4) is 0 Å². The van der Waals surface area contributed by atoms with Crippen LogP contribution in [0.25, 0.3) is 0 Å². The van der Waals surface area contributed by atoms with E-state index in [1.165, 1.54) is 0 Å². The molecule has 2 nitrogen and oxygen atoms in total. The third kappa shape index (κ3) is 2.32. The molecule has 0 saturated heterocycles. The highest BCUT2D eigenvalue weighted by molar-refractivity contribution is 4.94. The zero-order valence-corrected chi connectivity index (χ0v) is 7.61. The van der Waals surface area contributed by atoms with Gasteiger partial charge in [0.2, 0.25) is 0 Å². The van der Waals surface area contributed by atoms with Gasteiger partial charge in [0.1, 0.15) is 0 Å². The van der Waals surface area contributed by atoms with E-state index >= 15 is 0 Å². The van der Waals surface area contributed by atoms with E-state index < -0.39 is 0 Å². The van der Waals surface area contributed by atoms with Gasteiger partial charge in [0.05, 0.1) is 12.2 Å². The Kier molecular flexibility index (Phi) is 3.76. The van der Waals surface area contributed by atoms with Crippen LogP contribution < -0.4 is 0 Å². The fourth-order valence-corrected chi connectivity index (χ4v) is 1.80. The van der Waals surface area contributed by atoms with E-state index in [1.807, 2.05) is 12.2 Å². The summed E-state index contributed by atoms with van der Waals surface area (Å²) in [6, 6.07) is 0. The fraction of sp³-hybridized carbons (Fsp3) is 0.800. The number of hydrogen-bond donors (Lipinski definition) is 2. The monoisotopic (exact) mass is 170 g/mol. The number of aliphatic hydroxyl groups excluding tert-OH is 2. The van der Waals surface area contributed by atoms with Gasteiger partial charge in [-0.1, -0.05) is 25.5 Å². The van der Waals surface area contributed by atoms with Gasteiger partial charge in [-0.25, -0.2) is 0 Å². The molecule has 0 aromatic rings. The highest BCUT2D eigenvalue weighted by atomic mass is 16.3. The molecule has 0 fully saturated rings. The van der Waals surface area contributed by atoms with Crippen molar-refractivity contribution >= 4 is 0 Å². The smallest absolute Gasteiger partial charge is 0.0627 e. The summed E-state index contributed by atoms with van der Waals surface area (Å²) in [6.07, 6.45) is 6.57. The van der Waals surface area contributed by atoms with E-state index in [2.05, 4.69) is 6.92 Å². The van der Waals surface area contributed by atoms with E-state index in [4.69, 9.17) is 0 Å². The lowest BCUT2D eigenvalue weighted by Crippen LogP contribution is -2.29. The number of aliphatic hydroxyl groups is 2. The van der Waals surface area contributed by atoms with Gasteiger partial charge in [-0.2, -0.15) is 0 Å². The van der Waals surface area contributed by atoms with Crippen LogP contribution in [0.15, 0.2) is 12.2 Å². The van der Waals surface area contributed by atoms with Gasteiger partial charge in [0, 0.05) is 5.92 Å². The summed E-state index contributed by atoms with van der Waals surface area (Å²) in [5, 5.41) is 19.3. The molecule has 0 aromatic heterocycles. The summed E-state index contributed by atoms with van der Waals surface area (Å²) in [7, 11) is 0. The second-order valence-electron chi connectivity index (χ2n) is 3.53. The zero-order chi connectivity index (χ0) is 8.97. The lowest BCUT2D eigenvalue weighted by Gasteiger charge is -2.24. The molecule has 0 bridgehead atoms. The van der Waals surface area contributed by atoms with Crippen molar-refractivity contribution in [2.75, 3.05) is 0 Å². The summed E-state index contributed by atoms with van der Waals surface area (Å²) >= 11 is 0. The topological polar surface area (TPSA) is 40.5 Å². The minimum absolute atomic E-state index is 0.0741. The molecule has 0 aromatic carbocycles. The van der Waals surface area contributed by atoms with E-state index in [9.17, 15) is 10.2 Å². The molecule has 0 saturated carbocycles. The maximum atomic E-state index is 9.64. The predicted molar refractivity (Wildman–Crippen MR) is 48.8 cm³/mol. The summed E-state index contributed by atoms with van der Waals surface area (Å²) in [5.41, 5.74) is 0. The molecular weight excluding hydrogens is 152 g/mol. The molecule has 70 valence electrons. The first-order valence-corrected chi connectivity index (χ1v) is 4.76. The number of rotatable bonds is 2. The molecule has 0 aliphatic heterocycles. The Morgan fingerprint density at radius 1 is 1.17 bits per heavy atom. The Hall–Kier alpha value is -0.340. The van der Waals surface area contributed by atoms with Gasteiger partial charge in [0.15, 0.2) is 0 Å². The van der Waals surface area contributed by atoms with Gasteiger partial charge in [-0.15, -0.1) is 0 Å². The van der Waals surface area contributed by atoms with E-state index in [0.717, 1.165) is 12.8 Å². The molecule has 1 rings (SSSR count). The Bertz CT molecular complexity index is 140. The van der Waals surface area contributed by atoms with Gasteiger partial charge >= 0.3 is 0 Å². The minimum atomic E-state index is -0.348. The van der Waals surface area contributed by atoms with Gasteiger partial charge in [-0.3, -0.25) is 0 Å². The van der Waals surface area contributed by atoms with Crippen molar-refractivity contribution in [2.24, 2.45) is 5.92 Å². The van der Waals surface area contributed by atoms with Crippen molar-refractivity contribution in [3.63, 3.8) is 0 Å². The lowest BCUT2D eigenvalue weighted by atomic mass is 9.90. The van der Waals surface area contributed by atoms with Crippen molar-refractivity contribution in [1.29, 1.82) is 0 Å². The normalized spacial score (nSPS) is 36.4. The lowest BCUT2D eigenvalue weighted by molar-refractivity contribution is 0.0144. The van der Waals surface area contributed by atoms with Crippen LogP contribution in [0.4, 0.5) is 0 Å². The third-order valence-electron chi connectivity index (χ3n) is 2.53. The molecule has 2 unspecified atom stereocenters.